The molecule has 0 aliphatic heterocycles. The molecule has 12 nitrogen and oxygen atoms in total. The van der Waals surface area contributed by atoms with Gasteiger partial charge in [-0.1, -0.05) is 5.04 Å². The number of amides is 1. The zero-order chi connectivity index (χ0) is 23.5. The van der Waals surface area contributed by atoms with E-state index in [4.69, 9.17) is 11.0 Å². The molecule has 0 aromatic heterocycles. The van der Waals surface area contributed by atoms with E-state index in [1.807, 2.05) is 0 Å². The zero-order valence-electron chi connectivity index (χ0n) is 16.1. The Morgan fingerprint density at radius 3 is 2.44 bits per heavy atom. The first kappa shape index (κ1) is 23.4. The van der Waals surface area contributed by atoms with Crippen LogP contribution in [0.15, 0.2) is 62.5 Å². The van der Waals surface area contributed by atoms with Crippen molar-refractivity contribution in [1.29, 1.82) is 0 Å². The monoisotopic (exact) mass is 479 g/mol. The van der Waals surface area contributed by atoms with Gasteiger partial charge >= 0.3 is 0 Å². The third-order valence-corrected chi connectivity index (χ3v) is 5.48. The maximum Gasteiger partial charge on any atom is 0.294 e. The van der Waals surface area contributed by atoms with Crippen molar-refractivity contribution in [2.45, 2.75) is 16.7 Å². The lowest BCUT2D eigenvalue weighted by Gasteiger charge is -2.11. The molecule has 3 aromatic rings. The van der Waals surface area contributed by atoms with Crippen LogP contribution in [0.4, 0.5) is 22.7 Å². The van der Waals surface area contributed by atoms with Crippen LogP contribution in [0.1, 0.15) is 6.92 Å². The summed E-state index contributed by atoms with van der Waals surface area (Å²) in [4.78, 5) is 10.6. The molecule has 14 heteroatoms. The minimum atomic E-state index is -4.60. The van der Waals surface area contributed by atoms with E-state index in [0.29, 0.717) is 23.4 Å². The number of azo groups is 1. The molecule has 32 heavy (non-hydrogen) atoms. The van der Waals surface area contributed by atoms with E-state index < -0.39 is 20.8 Å². The number of hydrogen-bond donors (Lipinski definition) is 4. The summed E-state index contributed by atoms with van der Waals surface area (Å²) in [7, 11) is -4.60. The quantitative estimate of drug-likeness (QED) is 0.124. The number of benzene rings is 3. The van der Waals surface area contributed by atoms with E-state index in [-0.39, 0.29) is 32.9 Å². The zero-order valence-corrected chi connectivity index (χ0v) is 17.8. The fourth-order valence-corrected chi connectivity index (χ4v) is 3.78. The van der Waals surface area contributed by atoms with E-state index in [2.05, 4.69) is 24.9 Å². The molecule has 0 bridgehead atoms. The highest BCUT2D eigenvalue weighted by Gasteiger charge is 2.20. The van der Waals surface area contributed by atoms with E-state index in [1.165, 1.54) is 13.0 Å². The summed E-state index contributed by atoms with van der Waals surface area (Å²) < 4.78 is 36.6. The molecule has 0 aliphatic carbocycles. The second-order valence-corrected chi connectivity index (χ2v) is 8.43. The second kappa shape index (κ2) is 9.47. The van der Waals surface area contributed by atoms with Crippen molar-refractivity contribution in [2.75, 3.05) is 5.32 Å². The number of rotatable bonds is 7. The molecule has 0 unspecified atom stereocenters. The van der Waals surface area contributed by atoms with Gasteiger partial charge in [-0.2, -0.15) is 13.5 Å². The van der Waals surface area contributed by atoms with Crippen LogP contribution in [0.2, 0.25) is 0 Å². The molecule has 0 heterocycles. The van der Waals surface area contributed by atoms with Crippen molar-refractivity contribution in [1.82, 2.24) is 5.73 Å². The third-order valence-electron chi connectivity index (χ3n) is 4.03. The Labute approximate surface area is 185 Å². The molecular formula is C18H15N4O8S2. The van der Waals surface area contributed by atoms with Crippen molar-refractivity contribution in [3.63, 3.8) is 0 Å². The van der Waals surface area contributed by atoms with E-state index in [0.717, 1.165) is 12.1 Å². The topological polar surface area (TPSA) is 191 Å². The molecule has 0 spiro atoms. The lowest BCUT2D eigenvalue weighted by molar-refractivity contribution is -0.432. The van der Waals surface area contributed by atoms with Gasteiger partial charge in [0, 0.05) is 12.6 Å². The van der Waals surface area contributed by atoms with Gasteiger partial charge in [0.25, 0.3) is 10.1 Å². The molecule has 0 atom stereocenters. The smallest absolute Gasteiger partial charge is 0.294 e. The Morgan fingerprint density at radius 2 is 1.84 bits per heavy atom. The highest BCUT2D eigenvalue weighted by atomic mass is 32.2. The molecule has 0 aliphatic rings. The van der Waals surface area contributed by atoms with Gasteiger partial charge in [-0.05, 0) is 47.9 Å². The SMILES string of the molecule is CC(=O)Nc1ccc(N=Nc2c(SOOO)cc3cc(S(=O)(=O)O)cc([NH])c3c2O)cc1. The van der Waals surface area contributed by atoms with Crippen molar-refractivity contribution in [3.05, 3.63) is 42.5 Å². The third kappa shape index (κ3) is 5.31. The average molecular weight is 479 g/mol. The average Bonchev–Trinajstić information content (AvgIpc) is 2.71. The van der Waals surface area contributed by atoms with Gasteiger partial charge in [-0.25, -0.2) is 5.26 Å². The molecule has 5 N–H and O–H groups in total. The molecule has 1 radical (unpaired) electrons. The Bertz CT molecular complexity index is 1310. The maximum atomic E-state index is 11.5. The largest absolute Gasteiger partial charge is 0.505 e. The minimum absolute atomic E-state index is 0.0505. The van der Waals surface area contributed by atoms with Crippen molar-refractivity contribution in [2.24, 2.45) is 10.2 Å². The molecule has 1 amide bonds. The van der Waals surface area contributed by atoms with Crippen molar-refractivity contribution in [3.8, 4) is 5.75 Å². The van der Waals surface area contributed by atoms with Gasteiger partial charge in [0.1, 0.15) is 5.69 Å². The predicted molar refractivity (Wildman–Crippen MR) is 114 cm³/mol. The first-order valence-electron chi connectivity index (χ1n) is 8.57. The Kier molecular flexibility index (Phi) is 6.93. The number of nitrogens with zero attached hydrogens (tertiary/aromatic N) is 2. The number of aromatic hydroxyl groups is 1. The van der Waals surface area contributed by atoms with Crippen LogP contribution in [0.25, 0.3) is 10.8 Å². The van der Waals surface area contributed by atoms with Gasteiger partial charge in [0.05, 0.1) is 38.6 Å². The molecule has 0 saturated heterocycles. The Balaban J connectivity index is 2.10. The summed E-state index contributed by atoms with van der Waals surface area (Å²) in [6.07, 6.45) is 0. The predicted octanol–water partition coefficient (Wildman–Crippen LogP) is 4.51. The fourth-order valence-electron chi connectivity index (χ4n) is 2.74. The summed E-state index contributed by atoms with van der Waals surface area (Å²) in [6.45, 7) is 1.37. The van der Waals surface area contributed by atoms with Gasteiger partial charge in [0.2, 0.25) is 5.91 Å². The van der Waals surface area contributed by atoms with Gasteiger partial charge in [0.15, 0.2) is 5.75 Å². The number of hydrogen-bond acceptors (Lipinski definition) is 10. The van der Waals surface area contributed by atoms with Crippen LogP contribution in [0.5, 0.6) is 5.75 Å². The second-order valence-electron chi connectivity index (χ2n) is 6.27. The van der Waals surface area contributed by atoms with Gasteiger partial charge in [-0.15, -0.1) is 9.45 Å². The highest BCUT2D eigenvalue weighted by molar-refractivity contribution is 7.94. The highest BCUT2D eigenvalue weighted by Crippen LogP contribution is 2.46. The number of phenols is 1. The molecule has 0 fully saturated rings. The summed E-state index contributed by atoms with van der Waals surface area (Å²) in [5.41, 5.74) is 8.43. The fraction of sp³-hybridized carbons (Fsp3) is 0.0556. The first-order chi connectivity index (χ1) is 15.1. The minimum Gasteiger partial charge on any atom is -0.505 e. The molecule has 3 rings (SSSR count). The van der Waals surface area contributed by atoms with E-state index >= 15 is 0 Å². The molecular weight excluding hydrogens is 464 g/mol. The number of nitrogens with one attached hydrogen (secondary N) is 2. The van der Waals surface area contributed by atoms with Gasteiger partial charge < -0.3 is 16.2 Å². The maximum absolute atomic E-state index is 11.5. The standard InChI is InChI=1S/C18H15N4O8S2/c1-9(23)20-11-2-4-12(5-3-11)21-22-17-15(31-30-29-25)7-10-6-13(32(26,27)28)8-14(19)16(10)18(17)24/h2-8,19,24-25H,1H3,(H,20,23)(H,26,27,28). The lowest BCUT2D eigenvalue weighted by Crippen LogP contribution is -2.04. The van der Waals surface area contributed by atoms with Crippen LogP contribution >= 0.6 is 12.0 Å². The van der Waals surface area contributed by atoms with E-state index in [9.17, 15) is 22.9 Å². The first-order valence-corrected chi connectivity index (χ1v) is 10.8. The number of anilines is 1. The Hall–Kier alpha value is -3.27. The van der Waals surface area contributed by atoms with Crippen LogP contribution in [0, 0.1) is 0 Å². The number of carbonyl (C=O) groups is 1. The van der Waals surface area contributed by atoms with Crippen LogP contribution in [0.3, 0.4) is 0 Å². The van der Waals surface area contributed by atoms with Crippen LogP contribution in [-0.2, 0) is 24.3 Å². The van der Waals surface area contributed by atoms with Crippen LogP contribution < -0.4 is 11.1 Å². The van der Waals surface area contributed by atoms with Crippen LogP contribution in [-0.4, -0.2) is 29.2 Å². The number of carbonyl (C=O) groups excluding carboxylic acids is 1. The summed E-state index contributed by atoms with van der Waals surface area (Å²) in [5, 5.41) is 33.3. The normalized spacial score (nSPS) is 11.8. The van der Waals surface area contributed by atoms with Crippen molar-refractivity contribution < 1.29 is 37.5 Å². The summed E-state index contributed by atoms with van der Waals surface area (Å²) in [5.74, 6) is -0.756. The number of phenolic OH excluding ortho intramolecular Hbond substituents is 1. The molecule has 0 saturated carbocycles. The lowest BCUT2D eigenvalue weighted by atomic mass is 10.1. The summed E-state index contributed by atoms with van der Waals surface area (Å²) >= 11 is 0.433. The van der Waals surface area contributed by atoms with Crippen molar-refractivity contribution >= 4 is 61.6 Å². The molecule has 3 aromatic carbocycles. The summed E-state index contributed by atoms with van der Waals surface area (Å²) in [6, 6.07) is 9.52. The van der Waals surface area contributed by atoms with Gasteiger partial charge in [-0.3, -0.25) is 9.35 Å². The Morgan fingerprint density at radius 1 is 1.16 bits per heavy atom. The molecule has 167 valence electrons. The van der Waals surface area contributed by atoms with E-state index in [1.54, 1.807) is 24.3 Å². The number of fused-ring (bicyclic) bond motifs is 1.